The fourth-order valence-corrected chi connectivity index (χ4v) is 3.11. The van der Waals surface area contributed by atoms with Gasteiger partial charge in [0.25, 0.3) is 11.1 Å². The van der Waals surface area contributed by atoms with E-state index in [1.54, 1.807) is 24.3 Å². The molecule has 1 aromatic carbocycles. The number of thiophene rings is 1. The Hall–Kier alpha value is -2.34. The van der Waals surface area contributed by atoms with E-state index >= 15 is 0 Å². The average molecular weight is 359 g/mol. The van der Waals surface area contributed by atoms with Crippen molar-refractivity contribution in [2.24, 2.45) is 0 Å². The third kappa shape index (κ3) is 4.35. The van der Waals surface area contributed by atoms with E-state index in [0.29, 0.717) is 28.2 Å². The lowest BCUT2D eigenvalue weighted by atomic mass is 10.2. The van der Waals surface area contributed by atoms with Gasteiger partial charge in [-0.1, -0.05) is 17.8 Å². The van der Waals surface area contributed by atoms with Crippen molar-refractivity contribution >= 4 is 23.1 Å². The normalized spacial score (nSPS) is 11.8. The van der Waals surface area contributed by atoms with Gasteiger partial charge in [-0.2, -0.15) is 5.26 Å². The second-order valence-electron chi connectivity index (χ2n) is 4.76. The molecule has 0 aliphatic heterocycles. The Bertz CT molecular complexity index is 810. The maximum atomic E-state index is 9.98. The van der Waals surface area contributed by atoms with E-state index in [0.717, 1.165) is 4.88 Å². The highest BCUT2D eigenvalue weighted by Gasteiger charge is 2.13. The number of thioether (sulfide) groups is 1. The van der Waals surface area contributed by atoms with Gasteiger partial charge in [-0.05, 0) is 35.7 Å². The van der Waals surface area contributed by atoms with E-state index in [9.17, 15) is 5.11 Å². The quantitative estimate of drug-likeness (QED) is 0.648. The Balaban J connectivity index is 1.45. The number of aromatic nitrogens is 2. The van der Waals surface area contributed by atoms with Crippen molar-refractivity contribution in [3.05, 3.63) is 47.3 Å². The zero-order valence-corrected chi connectivity index (χ0v) is 14.1. The van der Waals surface area contributed by atoms with Crippen LogP contribution in [0.4, 0.5) is 0 Å². The predicted octanol–water partition coefficient (Wildman–Crippen LogP) is 3.20. The summed E-state index contributed by atoms with van der Waals surface area (Å²) in [6.07, 6.45) is -0.678. The smallest absolute Gasteiger partial charge is 0.276 e. The van der Waals surface area contributed by atoms with Crippen LogP contribution in [0.5, 0.6) is 5.75 Å². The van der Waals surface area contributed by atoms with E-state index in [2.05, 4.69) is 10.2 Å². The molecular weight excluding hydrogens is 346 g/mol. The molecule has 0 radical (unpaired) electrons. The highest BCUT2D eigenvalue weighted by Crippen LogP contribution is 2.26. The Kier molecular flexibility index (Phi) is 5.48. The Labute approximate surface area is 146 Å². The van der Waals surface area contributed by atoms with Gasteiger partial charge in [-0.25, -0.2) is 0 Å². The third-order valence-corrected chi connectivity index (χ3v) is 4.78. The highest BCUT2D eigenvalue weighted by molar-refractivity contribution is 7.99. The monoisotopic (exact) mass is 359 g/mol. The van der Waals surface area contributed by atoms with Crippen LogP contribution in [0.1, 0.15) is 5.56 Å². The molecular formula is C16H13N3O3S2. The van der Waals surface area contributed by atoms with E-state index in [1.165, 1.54) is 23.1 Å². The summed E-state index contributed by atoms with van der Waals surface area (Å²) in [4.78, 5) is 0.916. The molecule has 3 aromatic rings. The number of aliphatic hydroxyl groups is 1. The molecule has 0 saturated heterocycles. The van der Waals surface area contributed by atoms with E-state index in [-0.39, 0.29) is 6.61 Å². The molecule has 0 spiro atoms. The Morgan fingerprint density at radius 1 is 1.29 bits per heavy atom. The van der Waals surface area contributed by atoms with Gasteiger partial charge < -0.3 is 14.3 Å². The summed E-state index contributed by atoms with van der Waals surface area (Å²) >= 11 is 2.81. The number of ether oxygens (including phenoxy) is 1. The molecule has 1 unspecified atom stereocenters. The van der Waals surface area contributed by atoms with Gasteiger partial charge in [0.1, 0.15) is 12.4 Å². The van der Waals surface area contributed by atoms with Crippen molar-refractivity contribution in [3.63, 3.8) is 0 Å². The summed E-state index contributed by atoms with van der Waals surface area (Å²) in [5.41, 5.74) is 0.566. The van der Waals surface area contributed by atoms with Gasteiger partial charge in [-0.3, -0.25) is 0 Å². The molecule has 2 aromatic heterocycles. The maximum Gasteiger partial charge on any atom is 0.276 e. The number of hydrogen-bond acceptors (Lipinski definition) is 8. The largest absolute Gasteiger partial charge is 0.491 e. The summed E-state index contributed by atoms with van der Waals surface area (Å²) in [6.45, 7) is 0.144. The summed E-state index contributed by atoms with van der Waals surface area (Å²) in [6, 6.07) is 12.6. The van der Waals surface area contributed by atoms with Gasteiger partial charge >= 0.3 is 0 Å². The molecule has 3 rings (SSSR count). The standard InChI is InChI=1S/C16H13N3O3S2/c17-8-11-3-5-13(6-4-11)21-9-12(20)10-24-16-19-18-15(22-16)14-2-1-7-23-14/h1-7,12,20H,9-10H2. The second-order valence-corrected chi connectivity index (χ2v) is 6.68. The first kappa shape index (κ1) is 16.5. The fourth-order valence-electron chi connectivity index (χ4n) is 1.80. The topological polar surface area (TPSA) is 92.2 Å². The van der Waals surface area contributed by atoms with Crippen LogP contribution in [0.25, 0.3) is 10.8 Å². The minimum absolute atomic E-state index is 0.144. The van der Waals surface area contributed by atoms with Crippen molar-refractivity contribution in [2.75, 3.05) is 12.4 Å². The van der Waals surface area contributed by atoms with Crippen molar-refractivity contribution in [3.8, 4) is 22.6 Å². The average Bonchev–Trinajstić information content (AvgIpc) is 3.29. The number of rotatable bonds is 7. The van der Waals surface area contributed by atoms with Crippen molar-refractivity contribution < 1.29 is 14.3 Å². The number of aliphatic hydroxyl groups excluding tert-OH is 1. The van der Waals surface area contributed by atoms with Crippen LogP contribution in [0.15, 0.2) is 51.4 Å². The van der Waals surface area contributed by atoms with Crippen molar-refractivity contribution in [1.82, 2.24) is 10.2 Å². The molecule has 0 amide bonds. The van der Waals surface area contributed by atoms with Crippen LogP contribution >= 0.6 is 23.1 Å². The fraction of sp³-hybridized carbons (Fsp3) is 0.188. The molecule has 0 bridgehead atoms. The lowest BCUT2D eigenvalue weighted by molar-refractivity contribution is 0.126. The lowest BCUT2D eigenvalue weighted by Crippen LogP contribution is -2.20. The van der Waals surface area contributed by atoms with E-state index < -0.39 is 6.10 Å². The summed E-state index contributed by atoms with van der Waals surface area (Å²) in [7, 11) is 0. The minimum atomic E-state index is -0.678. The van der Waals surface area contributed by atoms with Gasteiger partial charge in [0.05, 0.1) is 22.6 Å². The van der Waals surface area contributed by atoms with E-state index in [1.807, 2.05) is 23.6 Å². The summed E-state index contributed by atoms with van der Waals surface area (Å²) in [5, 5.41) is 29.0. The van der Waals surface area contributed by atoms with Gasteiger partial charge in [0.15, 0.2) is 0 Å². The number of nitriles is 1. The van der Waals surface area contributed by atoms with Gasteiger partial charge in [-0.15, -0.1) is 21.5 Å². The molecule has 2 heterocycles. The molecule has 1 atom stereocenters. The first-order valence-electron chi connectivity index (χ1n) is 7.06. The molecule has 0 aliphatic rings. The molecule has 0 fully saturated rings. The van der Waals surface area contributed by atoms with Crippen molar-refractivity contribution in [1.29, 1.82) is 5.26 Å². The summed E-state index contributed by atoms with van der Waals surface area (Å²) < 4.78 is 11.0. The van der Waals surface area contributed by atoms with Crippen LogP contribution in [-0.4, -0.2) is 33.8 Å². The van der Waals surface area contributed by atoms with Crippen LogP contribution in [0, 0.1) is 11.3 Å². The third-order valence-electron chi connectivity index (χ3n) is 2.96. The van der Waals surface area contributed by atoms with Crippen LogP contribution < -0.4 is 4.74 Å². The van der Waals surface area contributed by atoms with Gasteiger partial charge in [0.2, 0.25) is 0 Å². The molecule has 8 heteroatoms. The molecule has 0 saturated carbocycles. The van der Waals surface area contributed by atoms with E-state index in [4.69, 9.17) is 14.4 Å². The van der Waals surface area contributed by atoms with Crippen LogP contribution in [0.2, 0.25) is 0 Å². The van der Waals surface area contributed by atoms with Crippen LogP contribution in [0.3, 0.4) is 0 Å². The Morgan fingerprint density at radius 3 is 2.83 bits per heavy atom. The molecule has 24 heavy (non-hydrogen) atoms. The SMILES string of the molecule is N#Cc1ccc(OCC(O)CSc2nnc(-c3cccs3)o2)cc1. The van der Waals surface area contributed by atoms with Crippen molar-refractivity contribution in [2.45, 2.75) is 11.3 Å². The first-order valence-corrected chi connectivity index (χ1v) is 8.92. The lowest BCUT2D eigenvalue weighted by Gasteiger charge is -2.10. The molecule has 0 aliphatic carbocycles. The number of hydrogen-bond donors (Lipinski definition) is 1. The second kappa shape index (κ2) is 7.97. The minimum Gasteiger partial charge on any atom is -0.491 e. The predicted molar refractivity (Wildman–Crippen MR) is 91.0 cm³/mol. The van der Waals surface area contributed by atoms with Gasteiger partial charge in [0, 0.05) is 5.75 Å². The molecule has 122 valence electrons. The maximum absolute atomic E-state index is 9.98. The molecule has 6 nitrogen and oxygen atoms in total. The molecule has 1 N–H and O–H groups in total. The number of nitrogens with zero attached hydrogens (tertiary/aromatic N) is 3. The summed E-state index contributed by atoms with van der Waals surface area (Å²) in [5.74, 6) is 1.47. The highest BCUT2D eigenvalue weighted by atomic mass is 32.2. The Morgan fingerprint density at radius 2 is 2.12 bits per heavy atom. The number of benzene rings is 1. The van der Waals surface area contributed by atoms with Crippen LogP contribution in [-0.2, 0) is 0 Å². The zero-order chi connectivity index (χ0) is 16.8. The zero-order valence-electron chi connectivity index (χ0n) is 12.5. The first-order chi connectivity index (χ1) is 11.7.